The van der Waals surface area contributed by atoms with Gasteiger partial charge in [-0.25, -0.2) is 9.97 Å². The molecule has 1 spiro atoms. The van der Waals surface area contributed by atoms with Crippen LogP contribution in [0.5, 0.6) is 0 Å². The van der Waals surface area contributed by atoms with Crippen LogP contribution in [0.2, 0.25) is 0 Å². The number of carbonyl (C=O) groups is 1. The third-order valence-electron chi connectivity index (χ3n) is 6.81. The predicted octanol–water partition coefficient (Wildman–Crippen LogP) is 1.95. The number of fused-ring (bicyclic) bond motifs is 2. The van der Waals surface area contributed by atoms with Gasteiger partial charge in [-0.3, -0.25) is 4.79 Å². The first kappa shape index (κ1) is 19.6. The number of aliphatic hydroxyl groups excluding tert-OH is 1. The zero-order valence-corrected chi connectivity index (χ0v) is 17.1. The van der Waals surface area contributed by atoms with Gasteiger partial charge in [-0.1, -0.05) is 0 Å². The van der Waals surface area contributed by atoms with E-state index < -0.39 is 5.60 Å². The number of aryl methyl sites for hydroxylation is 1. The topological polar surface area (TPSA) is 87.6 Å². The second kappa shape index (κ2) is 7.59. The molecular weight excluding hydrogens is 356 g/mol. The van der Waals surface area contributed by atoms with E-state index in [-0.39, 0.29) is 17.9 Å². The molecule has 0 bridgehead atoms. The molecule has 7 nitrogen and oxygen atoms in total. The van der Waals surface area contributed by atoms with E-state index in [1.165, 1.54) is 5.56 Å². The van der Waals surface area contributed by atoms with Crippen LogP contribution in [-0.2, 0) is 21.4 Å². The van der Waals surface area contributed by atoms with Crippen molar-refractivity contribution in [1.82, 2.24) is 14.9 Å². The van der Waals surface area contributed by atoms with E-state index >= 15 is 0 Å². The van der Waals surface area contributed by atoms with Crippen molar-refractivity contribution in [3.63, 3.8) is 0 Å². The second-order valence-corrected chi connectivity index (χ2v) is 8.71. The molecule has 7 heteroatoms. The van der Waals surface area contributed by atoms with Crippen LogP contribution in [0.1, 0.15) is 62.5 Å². The molecule has 0 saturated carbocycles. The van der Waals surface area contributed by atoms with Crippen molar-refractivity contribution in [3.05, 3.63) is 17.1 Å². The van der Waals surface area contributed by atoms with Crippen LogP contribution < -0.4 is 5.32 Å². The number of nitrogens with zero attached hydrogens (tertiary/aromatic N) is 3. The van der Waals surface area contributed by atoms with E-state index in [4.69, 9.17) is 14.8 Å². The molecule has 1 aromatic rings. The quantitative estimate of drug-likeness (QED) is 0.820. The second-order valence-electron chi connectivity index (χ2n) is 8.71. The number of aromatic nitrogens is 2. The number of carbonyl (C=O) groups excluding carboxylic acids is 1. The van der Waals surface area contributed by atoms with Crippen LogP contribution in [-0.4, -0.2) is 64.3 Å². The number of anilines is 1. The van der Waals surface area contributed by atoms with E-state index in [1.807, 2.05) is 18.7 Å². The average molecular weight is 389 g/mol. The fourth-order valence-corrected chi connectivity index (χ4v) is 5.14. The van der Waals surface area contributed by atoms with Gasteiger partial charge in [0, 0.05) is 37.2 Å². The lowest BCUT2D eigenvalue weighted by Gasteiger charge is -2.43. The molecule has 4 rings (SSSR count). The summed E-state index contributed by atoms with van der Waals surface area (Å²) in [6, 6.07) is 0. The number of amides is 1. The first-order valence-corrected chi connectivity index (χ1v) is 10.6. The van der Waals surface area contributed by atoms with Gasteiger partial charge in [-0.15, -0.1) is 0 Å². The van der Waals surface area contributed by atoms with Crippen LogP contribution in [0.15, 0.2) is 0 Å². The summed E-state index contributed by atoms with van der Waals surface area (Å²) < 4.78 is 5.88. The maximum Gasteiger partial charge on any atom is 0.254 e. The minimum Gasteiger partial charge on any atom is -0.395 e. The molecule has 1 atom stereocenters. The lowest BCUT2D eigenvalue weighted by Crippen LogP contribution is -2.54. The summed E-state index contributed by atoms with van der Waals surface area (Å²) in [6.07, 6.45) is 6.84. The van der Waals surface area contributed by atoms with Gasteiger partial charge in [0.05, 0.1) is 12.3 Å². The van der Waals surface area contributed by atoms with E-state index in [0.717, 1.165) is 75.4 Å². The molecule has 28 heavy (non-hydrogen) atoms. The number of aliphatic hydroxyl groups is 1. The van der Waals surface area contributed by atoms with Crippen molar-refractivity contribution in [3.8, 4) is 0 Å². The number of likely N-dealkylation sites (tertiary alicyclic amines) is 1. The molecule has 2 N–H and O–H groups in total. The zero-order valence-electron chi connectivity index (χ0n) is 17.1. The Labute approximate surface area is 166 Å². The number of nitrogens with one attached hydrogen (secondary N) is 1. The van der Waals surface area contributed by atoms with Gasteiger partial charge >= 0.3 is 0 Å². The number of hydrogen-bond acceptors (Lipinski definition) is 6. The maximum absolute atomic E-state index is 13.1. The lowest BCUT2D eigenvalue weighted by atomic mass is 9.75. The highest BCUT2D eigenvalue weighted by atomic mass is 16.5. The Bertz CT molecular complexity index is 737. The van der Waals surface area contributed by atoms with E-state index in [2.05, 4.69) is 10.3 Å². The molecule has 1 aromatic heterocycles. The fraction of sp³-hybridized carbons (Fsp3) is 0.762. The number of hydrogen-bond donors (Lipinski definition) is 2. The SMILES string of the molecule is Cc1nc(NCCO)c2c(n1)C1(CC2)CCN(C(=O)C2(C)CCCCO2)CC1. The minimum atomic E-state index is -0.642. The van der Waals surface area contributed by atoms with Crippen LogP contribution >= 0.6 is 0 Å². The Morgan fingerprint density at radius 3 is 2.68 bits per heavy atom. The largest absolute Gasteiger partial charge is 0.395 e. The van der Waals surface area contributed by atoms with E-state index in [1.54, 1.807) is 0 Å². The highest BCUT2D eigenvalue weighted by molar-refractivity contribution is 5.85. The molecule has 1 amide bonds. The predicted molar refractivity (Wildman–Crippen MR) is 106 cm³/mol. The maximum atomic E-state index is 13.1. The van der Waals surface area contributed by atoms with Gasteiger partial charge in [0.1, 0.15) is 17.2 Å². The Kier molecular flexibility index (Phi) is 5.31. The molecule has 2 fully saturated rings. The van der Waals surface area contributed by atoms with Crippen molar-refractivity contribution in [2.24, 2.45) is 0 Å². The summed E-state index contributed by atoms with van der Waals surface area (Å²) in [4.78, 5) is 24.5. The third-order valence-corrected chi connectivity index (χ3v) is 6.81. The zero-order chi connectivity index (χ0) is 19.8. The first-order valence-electron chi connectivity index (χ1n) is 10.6. The first-order chi connectivity index (χ1) is 13.5. The standard InChI is InChI=1S/C21H32N4O3/c1-15-23-17-16(18(24-15)22-10-13-26)5-7-21(17)8-11-25(12-9-21)19(27)20(2)6-3-4-14-28-20/h26H,3-14H2,1-2H3,(H,22,23,24). The number of rotatable bonds is 4. The van der Waals surface area contributed by atoms with Crippen LogP contribution in [0.4, 0.5) is 5.82 Å². The van der Waals surface area contributed by atoms with Gasteiger partial charge < -0.3 is 20.1 Å². The highest BCUT2D eigenvalue weighted by Crippen LogP contribution is 2.47. The van der Waals surface area contributed by atoms with Crippen LogP contribution in [0.25, 0.3) is 0 Å². The van der Waals surface area contributed by atoms with Crippen molar-refractivity contribution < 1.29 is 14.6 Å². The van der Waals surface area contributed by atoms with Gasteiger partial charge in [0.2, 0.25) is 0 Å². The minimum absolute atomic E-state index is 0.0454. The number of ether oxygens (including phenoxy) is 1. The summed E-state index contributed by atoms with van der Waals surface area (Å²) >= 11 is 0. The lowest BCUT2D eigenvalue weighted by molar-refractivity contribution is -0.163. The summed E-state index contributed by atoms with van der Waals surface area (Å²) in [7, 11) is 0. The monoisotopic (exact) mass is 388 g/mol. The van der Waals surface area contributed by atoms with E-state index in [0.29, 0.717) is 13.2 Å². The highest BCUT2D eigenvalue weighted by Gasteiger charge is 2.47. The molecule has 2 saturated heterocycles. The van der Waals surface area contributed by atoms with Crippen molar-refractivity contribution in [1.29, 1.82) is 0 Å². The fourth-order valence-electron chi connectivity index (χ4n) is 5.14. The summed E-state index contributed by atoms with van der Waals surface area (Å²) in [5, 5.41) is 12.4. The van der Waals surface area contributed by atoms with Gasteiger partial charge in [0.25, 0.3) is 5.91 Å². The molecule has 154 valence electrons. The van der Waals surface area contributed by atoms with Crippen molar-refractivity contribution >= 4 is 11.7 Å². The van der Waals surface area contributed by atoms with Gasteiger partial charge in [-0.05, 0) is 58.8 Å². The Balaban J connectivity index is 1.50. The summed E-state index contributed by atoms with van der Waals surface area (Å²) in [5.41, 5.74) is 1.76. The van der Waals surface area contributed by atoms with Crippen molar-refractivity contribution in [2.45, 2.75) is 69.8 Å². The molecule has 0 aromatic carbocycles. The van der Waals surface area contributed by atoms with Gasteiger partial charge in [-0.2, -0.15) is 0 Å². The Morgan fingerprint density at radius 2 is 2.00 bits per heavy atom. The Hall–Kier alpha value is -1.73. The molecule has 2 aliphatic heterocycles. The normalized spacial score (nSPS) is 26.3. The van der Waals surface area contributed by atoms with Gasteiger partial charge in [0.15, 0.2) is 0 Å². The van der Waals surface area contributed by atoms with Crippen LogP contribution in [0, 0.1) is 6.92 Å². The molecule has 3 heterocycles. The summed E-state index contributed by atoms with van der Waals surface area (Å²) in [5.74, 6) is 1.79. The number of piperidine rings is 1. The third kappa shape index (κ3) is 3.39. The average Bonchev–Trinajstić information content (AvgIpc) is 3.05. The summed E-state index contributed by atoms with van der Waals surface area (Å²) in [6.45, 7) is 6.68. The molecule has 3 aliphatic rings. The smallest absolute Gasteiger partial charge is 0.254 e. The Morgan fingerprint density at radius 1 is 1.21 bits per heavy atom. The van der Waals surface area contributed by atoms with Crippen molar-refractivity contribution in [2.75, 3.05) is 38.2 Å². The molecule has 1 unspecified atom stereocenters. The molecule has 1 aliphatic carbocycles. The molecule has 0 radical (unpaired) electrons. The van der Waals surface area contributed by atoms with E-state index in [9.17, 15) is 4.79 Å². The van der Waals surface area contributed by atoms with Crippen LogP contribution in [0.3, 0.4) is 0 Å². The molecular formula is C21H32N4O3.